The smallest absolute Gasteiger partial charge is 0.163 e. The maximum absolute atomic E-state index is 13.6. The third-order valence-electron chi connectivity index (χ3n) is 5.16. The average molecular weight is 460 g/mol. The van der Waals surface area contributed by atoms with Crippen LogP contribution < -0.4 is 9.47 Å². The van der Waals surface area contributed by atoms with Crippen molar-refractivity contribution < 1.29 is 28.9 Å². The zero-order valence-electron chi connectivity index (χ0n) is 17.9. The van der Waals surface area contributed by atoms with Gasteiger partial charge >= 0.3 is 0 Å². The number of halogens is 2. The highest BCUT2D eigenvalue weighted by molar-refractivity contribution is 6.31. The highest BCUT2D eigenvalue weighted by Gasteiger charge is 2.27. The van der Waals surface area contributed by atoms with Gasteiger partial charge in [-0.1, -0.05) is 11.6 Å². The van der Waals surface area contributed by atoms with Crippen molar-refractivity contribution in [2.24, 2.45) is 0 Å². The van der Waals surface area contributed by atoms with Crippen molar-refractivity contribution in [3.05, 3.63) is 70.6 Å². The lowest BCUT2D eigenvalue weighted by atomic mass is 9.92. The zero-order valence-corrected chi connectivity index (χ0v) is 18.6. The highest BCUT2D eigenvalue weighted by Crippen LogP contribution is 2.35. The molecule has 0 saturated heterocycles. The second kappa shape index (κ2) is 9.54. The predicted octanol–water partition coefficient (Wildman–Crippen LogP) is 5.13. The average Bonchev–Trinajstić information content (AvgIpc) is 2.79. The van der Waals surface area contributed by atoms with Crippen LogP contribution in [-0.2, 0) is 5.60 Å². The molecule has 168 valence electrons. The number of hydrogen-bond donors (Lipinski definition) is 2. The van der Waals surface area contributed by atoms with E-state index in [9.17, 15) is 19.4 Å². The Kier molecular flexibility index (Phi) is 7.01. The first-order valence-electron chi connectivity index (χ1n) is 9.80. The fourth-order valence-corrected chi connectivity index (χ4v) is 3.42. The summed E-state index contributed by atoms with van der Waals surface area (Å²) in [6.07, 6.45) is 0.129. The zero-order chi connectivity index (χ0) is 23.5. The molecule has 0 bridgehead atoms. The standard InChI is InChI=1S/C24H23ClFNO5/c1-24(30,11-10-18(28)14-5-7-19(29)21(13-14)32-3)22-9-8-20(31-2)23(27-22)15-4-6-17(26)16(25)12-15/h4-9,12-13,29-30H,10-11H2,1-3H3. The minimum atomic E-state index is -1.43. The normalized spacial score (nSPS) is 12.8. The Balaban J connectivity index is 1.84. The summed E-state index contributed by atoms with van der Waals surface area (Å²) in [4.78, 5) is 17.1. The first kappa shape index (κ1) is 23.5. The number of carbonyl (C=O) groups excluding carboxylic acids is 1. The summed E-state index contributed by atoms with van der Waals surface area (Å²) in [5, 5.41) is 20.7. The van der Waals surface area contributed by atoms with Crippen LogP contribution >= 0.6 is 11.6 Å². The van der Waals surface area contributed by atoms with Gasteiger partial charge in [0.2, 0.25) is 0 Å². The van der Waals surface area contributed by atoms with Gasteiger partial charge in [-0.3, -0.25) is 4.79 Å². The van der Waals surface area contributed by atoms with E-state index in [2.05, 4.69) is 4.98 Å². The second-order valence-electron chi connectivity index (χ2n) is 7.46. The van der Waals surface area contributed by atoms with Crippen molar-refractivity contribution in [1.82, 2.24) is 4.98 Å². The SMILES string of the molecule is COc1cc(C(=O)CCC(C)(O)c2ccc(OC)c(-c3ccc(F)c(Cl)c3)n2)ccc1O. The Morgan fingerprint density at radius 2 is 1.81 bits per heavy atom. The maximum Gasteiger partial charge on any atom is 0.163 e. The van der Waals surface area contributed by atoms with Crippen LogP contribution in [0.2, 0.25) is 5.02 Å². The minimum Gasteiger partial charge on any atom is -0.504 e. The molecule has 1 unspecified atom stereocenters. The molecule has 32 heavy (non-hydrogen) atoms. The number of ether oxygens (including phenoxy) is 2. The Labute approximate surface area is 190 Å². The Morgan fingerprint density at radius 1 is 1.09 bits per heavy atom. The molecular formula is C24H23ClFNO5. The molecule has 3 rings (SSSR count). The van der Waals surface area contributed by atoms with Gasteiger partial charge in [0.05, 0.1) is 24.9 Å². The van der Waals surface area contributed by atoms with Crippen LogP contribution in [0.3, 0.4) is 0 Å². The van der Waals surface area contributed by atoms with Gasteiger partial charge in [-0.2, -0.15) is 0 Å². The molecule has 6 nitrogen and oxygen atoms in total. The first-order chi connectivity index (χ1) is 15.2. The number of aromatic hydroxyl groups is 1. The molecule has 0 aliphatic rings. The topological polar surface area (TPSA) is 88.9 Å². The van der Waals surface area contributed by atoms with Gasteiger partial charge < -0.3 is 19.7 Å². The Morgan fingerprint density at radius 3 is 2.47 bits per heavy atom. The fraction of sp³-hybridized carbons (Fsp3) is 0.250. The molecule has 0 spiro atoms. The molecule has 2 N–H and O–H groups in total. The van der Waals surface area contributed by atoms with Crippen molar-refractivity contribution in [3.8, 4) is 28.5 Å². The van der Waals surface area contributed by atoms with Gasteiger partial charge in [-0.15, -0.1) is 0 Å². The van der Waals surface area contributed by atoms with Crippen LogP contribution in [0.1, 0.15) is 35.8 Å². The molecule has 0 fully saturated rings. The van der Waals surface area contributed by atoms with Crippen molar-refractivity contribution >= 4 is 17.4 Å². The van der Waals surface area contributed by atoms with E-state index in [1.54, 1.807) is 19.1 Å². The molecule has 0 aliphatic heterocycles. The van der Waals surface area contributed by atoms with E-state index in [1.165, 1.54) is 50.6 Å². The van der Waals surface area contributed by atoms with Gasteiger partial charge in [0.1, 0.15) is 22.9 Å². The molecule has 0 saturated carbocycles. The molecule has 1 aromatic heterocycles. The van der Waals surface area contributed by atoms with Crippen LogP contribution in [0.25, 0.3) is 11.3 Å². The lowest BCUT2D eigenvalue weighted by Crippen LogP contribution is -2.24. The van der Waals surface area contributed by atoms with E-state index in [0.717, 1.165) is 0 Å². The van der Waals surface area contributed by atoms with Crippen LogP contribution in [-0.4, -0.2) is 35.2 Å². The maximum atomic E-state index is 13.6. The molecule has 0 aliphatic carbocycles. The number of phenols is 1. The summed E-state index contributed by atoms with van der Waals surface area (Å²) in [7, 11) is 2.88. The lowest BCUT2D eigenvalue weighted by Gasteiger charge is -2.24. The molecule has 1 heterocycles. The van der Waals surface area contributed by atoms with Gasteiger partial charge in [0, 0.05) is 17.5 Å². The van der Waals surface area contributed by atoms with Gasteiger partial charge in [-0.05, 0) is 61.9 Å². The van der Waals surface area contributed by atoms with E-state index < -0.39 is 11.4 Å². The molecular weight excluding hydrogens is 437 g/mol. The third kappa shape index (κ3) is 5.00. The van der Waals surface area contributed by atoms with E-state index in [-0.39, 0.29) is 35.1 Å². The number of rotatable bonds is 8. The third-order valence-corrected chi connectivity index (χ3v) is 5.45. The van der Waals surface area contributed by atoms with Crippen molar-refractivity contribution in [2.75, 3.05) is 14.2 Å². The summed E-state index contributed by atoms with van der Waals surface area (Å²) >= 11 is 5.91. The van der Waals surface area contributed by atoms with Gasteiger partial charge in [0.25, 0.3) is 0 Å². The number of benzene rings is 2. The van der Waals surface area contributed by atoms with E-state index in [1.807, 2.05) is 0 Å². The Bertz CT molecular complexity index is 1150. The fourth-order valence-electron chi connectivity index (χ4n) is 3.24. The quantitative estimate of drug-likeness (QED) is 0.454. The number of ketones is 1. The molecule has 1 atom stereocenters. The van der Waals surface area contributed by atoms with Crippen LogP contribution in [0.5, 0.6) is 17.2 Å². The summed E-state index contributed by atoms with van der Waals surface area (Å²) in [6, 6.07) is 11.8. The first-order valence-corrected chi connectivity index (χ1v) is 10.2. The number of phenolic OH excluding ortho intramolecular Hbond substituents is 1. The van der Waals surface area contributed by atoms with Crippen molar-refractivity contribution in [2.45, 2.75) is 25.4 Å². The number of carbonyl (C=O) groups is 1. The second-order valence-corrected chi connectivity index (χ2v) is 7.87. The molecule has 8 heteroatoms. The Hall–Kier alpha value is -3.16. The minimum absolute atomic E-state index is 0.0341. The summed E-state index contributed by atoms with van der Waals surface area (Å²) < 4.78 is 24.0. The van der Waals surface area contributed by atoms with Gasteiger partial charge in [-0.25, -0.2) is 9.37 Å². The van der Waals surface area contributed by atoms with Crippen LogP contribution in [0, 0.1) is 5.82 Å². The van der Waals surface area contributed by atoms with Crippen LogP contribution in [0.4, 0.5) is 4.39 Å². The number of nitrogens with zero attached hydrogens (tertiary/aromatic N) is 1. The van der Waals surface area contributed by atoms with Crippen molar-refractivity contribution in [1.29, 1.82) is 0 Å². The number of pyridine rings is 1. The monoisotopic (exact) mass is 459 g/mol. The van der Waals surface area contributed by atoms with Crippen molar-refractivity contribution in [3.63, 3.8) is 0 Å². The largest absolute Gasteiger partial charge is 0.504 e. The summed E-state index contributed by atoms with van der Waals surface area (Å²) in [5.74, 6) is -0.210. The summed E-state index contributed by atoms with van der Waals surface area (Å²) in [6.45, 7) is 1.56. The molecule has 2 aromatic carbocycles. The van der Waals surface area contributed by atoms with E-state index in [0.29, 0.717) is 28.3 Å². The number of aromatic nitrogens is 1. The molecule has 3 aromatic rings. The van der Waals surface area contributed by atoms with Crippen LogP contribution in [0.15, 0.2) is 48.5 Å². The number of hydrogen-bond acceptors (Lipinski definition) is 6. The number of methoxy groups -OCH3 is 2. The van der Waals surface area contributed by atoms with E-state index in [4.69, 9.17) is 21.1 Å². The number of aliphatic hydroxyl groups is 1. The predicted molar refractivity (Wildman–Crippen MR) is 119 cm³/mol. The highest BCUT2D eigenvalue weighted by atomic mass is 35.5. The number of Topliss-reactive ketones (excluding diaryl/α,β-unsaturated/α-hetero) is 1. The van der Waals surface area contributed by atoms with Gasteiger partial charge in [0.15, 0.2) is 17.3 Å². The lowest BCUT2D eigenvalue weighted by molar-refractivity contribution is 0.0397. The molecule has 0 amide bonds. The molecule has 0 radical (unpaired) electrons. The summed E-state index contributed by atoms with van der Waals surface area (Å²) in [5.41, 5.74) is 0.172. The van der Waals surface area contributed by atoms with E-state index >= 15 is 0 Å².